The van der Waals surface area contributed by atoms with Gasteiger partial charge in [0.05, 0.1) is 20.6 Å². The van der Waals surface area contributed by atoms with Crippen LogP contribution >= 0.6 is 39.9 Å². The van der Waals surface area contributed by atoms with Crippen LogP contribution in [0.2, 0.25) is 0 Å². The molecule has 0 amide bonds. The fourth-order valence-electron chi connectivity index (χ4n) is 1.57. The highest BCUT2D eigenvalue weighted by atomic mass is 79.9. The minimum Gasteiger partial charge on any atom is -0.363 e. The number of hydrogen-bond donors (Lipinski definition) is 3. The topological polar surface area (TPSA) is 28.5 Å². The van der Waals surface area contributed by atoms with Crippen LogP contribution in [0.4, 0.5) is 0 Å². The van der Waals surface area contributed by atoms with Crippen molar-refractivity contribution in [3.63, 3.8) is 0 Å². The Hall–Kier alpha value is -0.300. The lowest BCUT2D eigenvalue weighted by Crippen LogP contribution is -3.05. The summed E-state index contributed by atoms with van der Waals surface area (Å²) < 4.78 is 1.12. The molecule has 0 aromatic heterocycles. The van der Waals surface area contributed by atoms with E-state index >= 15 is 0 Å². The van der Waals surface area contributed by atoms with E-state index in [1.807, 2.05) is 11.8 Å². The number of nitrogens with one attached hydrogen (secondary N) is 3. The molecule has 1 aromatic carbocycles. The summed E-state index contributed by atoms with van der Waals surface area (Å²) in [4.78, 5) is 2.75. The Balaban J connectivity index is 2.03. The minimum atomic E-state index is 0.759. The molecule has 1 rings (SSSR count). The van der Waals surface area contributed by atoms with E-state index in [-0.39, 0.29) is 0 Å². The summed E-state index contributed by atoms with van der Waals surface area (Å²) in [6.45, 7) is 2.98. The largest absolute Gasteiger partial charge is 0.363 e. The number of quaternary nitrogens is 1. The number of hydrogen-bond acceptors (Lipinski definition) is 2. The Labute approximate surface area is 140 Å². The van der Waals surface area contributed by atoms with E-state index in [1.54, 1.807) is 0 Å². The predicted molar refractivity (Wildman–Crippen MR) is 95.8 cm³/mol. The zero-order valence-electron chi connectivity index (χ0n) is 12.0. The van der Waals surface area contributed by atoms with Crippen molar-refractivity contribution in [3.05, 3.63) is 28.7 Å². The first-order valence-electron chi connectivity index (χ1n) is 6.77. The molecule has 0 aliphatic rings. The minimum absolute atomic E-state index is 0.759. The summed E-state index contributed by atoms with van der Waals surface area (Å²) in [6.07, 6.45) is 1.14. The van der Waals surface area contributed by atoms with Crippen LogP contribution in [0.1, 0.15) is 6.42 Å². The Kier molecular flexibility index (Phi) is 9.26. The van der Waals surface area contributed by atoms with E-state index in [0.29, 0.717) is 0 Å². The Morgan fingerprint density at radius 2 is 1.85 bits per heavy atom. The molecule has 0 aliphatic carbocycles. The quantitative estimate of drug-likeness (QED) is 0.364. The van der Waals surface area contributed by atoms with Crippen molar-refractivity contribution in [2.45, 2.75) is 11.3 Å². The lowest BCUT2D eigenvalue weighted by molar-refractivity contribution is -0.858. The van der Waals surface area contributed by atoms with E-state index in [0.717, 1.165) is 41.4 Å². The molecule has 0 bridgehead atoms. The van der Waals surface area contributed by atoms with E-state index in [2.05, 4.69) is 64.9 Å². The van der Waals surface area contributed by atoms with Gasteiger partial charge in [-0.3, -0.25) is 0 Å². The Morgan fingerprint density at radius 3 is 2.50 bits per heavy atom. The van der Waals surface area contributed by atoms with E-state index in [1.165, 1.54) is 9.80 Å². The van der Waals surface area contributed by atoms with Gasteiger partial charge < -0.3 is 15.5 Å². The van der Waals surface area contributed by atoms with Crippen molar-refractivity contribution in [1.82, 2.24) is 10.6 Å². The number of benzene rings is 1. The molecule has 0 unspecified atom stereocenters. The average molecular weight is 377 g/mol. The second-order valence-electron chi connectivity index (χ2n) is 4.80. The third kappa shape index (κ3) is 8.79. The van der Waals surface area contributed by atoms with Crippen molar-refractivity contribution < 1.29 is 4.90 Å². The summed E-state index contributed by atoms with van der Waals surface area (Å²) in [7, 11) is 4.33. The standard InChI is InChI=1S/C14H22BrN3S2/c1-18(2)10-3-8-16-14(19)17-9-11-20-13-6-4-12(15)5-7-13/h4-7H,3,8-11H2,1-2H3,(H2,16,17,19)/p+1. The van der Waals surface area contributed by atoms with Gasteiger partial charge in [0.2, 0.25) is 0 Å². The van der Waals surface area contributed by atoms with Gasteiger partial charge in [0, 0.05) is 34.6 Å². The van der Waals surface area contributed by atoms with Crippen LogP contribution in [0.3, 0.4) is 0 Å². The molecule has 0 atom stereocenters. The molecule has 6 heteroatoms. The maximum Gasteiger partial charge on any atom is 0.166 e. The maximum atomic E-state index is 5.24. The highest BCUT2D eigenvalue weighted by Crippen LogP contribution is 2.19. The first-order chi connectivity index (χ1) is 9.58. The van der Waals surface area contributed by atoms with Crippen LogP contribution in [0.25, 0.3) is 0 Å². The summed E-state index contributed by atoms with van der Waals surface area (Å²) in [5.41, 5.74) is 0. The summed E-state index contributed by atoms with van der Waals surface area (Å²) in [6, 6.07) is 8.37. The summed E-state index contributed by atoms with van der Waals surface area (Å²) in [5, 5.41) is 7.23. The highest BCUT2D eigenvalue weighted by molar-refractivity contribution is 9.10. The highest BCUT2D eigenvalue weighted by Gasteiger charge is 1.98. The van der Waals surface area contributed by atoms with Gasteiger partial charge >= 0.3 is 0 Å². The van der Waals surface area contributed by atoms with Gasteiger partial charge in [0.25, 0.3) is 0 Å². The molecule has 0 saturated carbocycles. The van der Waals surface area contributed by atoms with E-state index < -0.39 is 0 Å². The third-order valence-corrected chi connectivity index (χ3v) is 4.44. The van der Waals surface area contributed by atoms with Gasteiger partial charge in [-0.2, -0.15) is 0 Å². The molecular weight excluding hydrogens is 354 g/mol. The molecule has 20 heavy (non-hydrogen) atoms. The monoisotopic (exact) mass is 376 g/mol. The van der Waals surface area contributed by atoms with Gasteiger partial charge in [0.15, 0.2) is 5.11 Å². The SMILES string of the molecule is C[NH+](C)CCCNC(=S)NCCSc1ccc(Br)cc1. The zero-order valence-corrected chi connectivity index (χ0v) is 15.3. The average Bonchev–Trinajstić information content (AvgIpc) is 2.41. The third-order valence-electron chi connectivity index (χ3n) is 2.61. The normalized spacial score (nSPS) is 10.6. The zero-order chi connectivity index (χ0) is 14.8. The van der Waals surface area contributed by atoms with Crippen molar-refractivity contribution in [1.29, 1.82) is 0 Å². The fourth-order valence-corrected chi connectivity index (χ4v) is 2.81. The lowest BCUT2D eigenvalue weighted by Gasteiger charge is -2.11. The van der Waals surface area contributed by atoms with Gasteiger partial charge in [-0.05, 0) is 36.5 Å². The number of rotatable bonds is 8. The second kappa shape index (κ2) is 10.4. The molecule has 0 radical (unpaired) electrons. The maximum absolute atomic E-state index is 5.24. The van der Waals surface area contributed by atoms with Gasteiger partial charge in [-0.1, -0.05) is 15.9 Å². The van der Waals surface area contributed by atoms with Crippen LogP contribution in [0.5, 0.6) is 0 Å². The van der Waals surface area contributed by atoms with Crippen LogP contribution in [-0.2, 0) is 0 Å². The summed E-state index contributed by atoms with van der Waals surface area (Å²) in [5.74, 6) is 1.01. The van der Waals surface area contributed by atoms with Crippen LogP contribution < -0.4 is 15.5 Å². The first-order valence-corrected chi connectivity index (χ1v) is 8.95. The van der Waals surface area contributed by atoms with Crippen LogP contribution in [0, 0.1) is 0 Å². The van der Waals surface area contributed by atoms with Crippen molar-refractivity contribution >= 4 is 45.0 Å². The Morgan fingerprint density at radius 1 is 1.20 bits per heavy atom. The van der Waals surface area contributed by atoms with Gasteiger partial charge in [-0.25, -0.2) is 0 Å². The molecule has 0 saturated heterocycles. The molecule has 3 N–H and O–H groups in total. The molecule has 0 spiro atoms. The van der Waals surface area contributed by atoms with Crippen molar-refractivity contribution in [2.75, 3.05) is 39.5 Å². The molecular formula is C14H23BrN3S2+. The van der Waals surface area contributed by atoms with Crippen molar-refractivity contribution in [2.24, 2.45) is 0 Å². The first kappa shape index (κ1) is 17.8. The van der Waals surface area contributed by atoms with Crippen molar-refractivity contribution in [3.8, 4) is 0 Å². The molecule has 0 heterocycles. The van der Waals surface area contributed by atoms with Crippen LogP contribution in [-0.4, -0.2) is 44.6 Å². The molecule has 0 aliphatic heterocycles. The fraction of sp³-hybridized carbons (Fsp3) is 0.500. The lowest BCUT2D eigenvalue weighted by atomic mass is 10.4. The van der Waals surface area contributed by atoms with Crippen LogP contribution in [0.15, 0.2) is 33.6 Å². The molecule has 3 nitrogen and oxygen atoms in total. The number of thiocarbonyl (C=S) groups is 1. The Bertz CT molecular complexity index is 396. The smallest absolute Gasteiger partial charge is 0.166 e. The molecule has 1 aromatic rings. The summed E-state index contributed by atoms with van der Waals surface area (Å²) >= 11 is 10.5. The number of halogens is 1. The van der Waals surface area contributed by atoms with Gasteiger partial charge in [-0.15, -0.1) is 11.8 Å². The molecule has 0 fully saturated rings. The predicted octanol–water partition coefficient (Wildman–Crippen LogP) is 1.54. The van der Waals surface area contributed by atoms with E-state index in [4.69, 9.17) is 12.2 Å². The van der Waals surface area contributed by atoms with E-state index in [9.17, 15) is 0 Å². The second-order valence-corrected chi connectivity index (χ2v) is 7.29. The molecule has 112 valence electrons. The number of thioether (sulfide) groups is 1. The van der Waals surface area contributed by atoms with Gasteiger partial charge in [0.1, 0.15) is 0 Å².